The molecule has 0 bridgehead atoms. The molecule has 8 heteroatoms. The second-order valence-electron chi connectivity index (χ2n) is 4.99. The van der Waals surface area contributed by atoms with E-state index in [9.17, 15) is 14.4 Å². The van der Waals surface area contributed by atoms with Crippen molar-refractivity contribution in [3.05, 3.63) is 43.2 Å². The number of halogens is 3. The molecule has 0 saturated heterocycles. The Kier molecular flexibility index (Phi) is 6.75. The van der Waals surface area contributed by atoms with Crippen LogP contribution < -0.4 is 0 Å². The maximum Gasteiger partial charge on any atom is 0.315 e. The lowest BCUT2D eigenvalue weighted by Crippen LogP contribution is -2.20. The molecule has 0 heterocycles. The van der Waals surface area contributed by atoms with Crippen molar-refractivity contribution in [1.29, 1.82) is 0 Å². The number of thioether (sulfide) groups is 1. The highest BCUT2D eigenvalue weighted by atomic mass is 35.5. The van der Waals surface area contributed by atoms with Crippen LogP contribution in [-0.4, -0.2) is 30.4 Å². The van der Waals surface area contributed by atoms with Crippen molar-refractivity contribution in [2.75, 3.05) is 12.9 Å². The average molecular weight is 408 g/mol. The van der Waals surface area contributed by atoms with Gasteiger partial charge in [-0.15, -0.1) is 11.8 Å². The van der Waals surface area contributed by atoms with Crippen molar-refractivity contribution >= 4 is 64.1 Å². The Morgan fingerprint density at radius 1 is 1.17 bits per heavy atom. The van der Waals surface area contributed by atoms with E-state index in [1.54, 1.807) is 0 Å². The molecule has 0 unspecified atom stereocenters. The maximum absolute atomic E-state index is 12.8. The number of ketones is 2. The summed E-state index contributed by atoms with van der Waals surface area (Å²) >= 11 is 19.1. The highest BCUT2D eigenvalue weighted by Gasteiger charge is 2.29. The van der Waals surface area contributed by atoms with E-state index in [0.29, 0.717) is 17.7 Å². The molecule has 128 valence electrons. The van der Waals surface area contributed by atoms with Crippen molar-refractivity contribution in [1.82, 2.24) is 0 Å². The molecule has 1 aromatic rings. The Morgan fingerprint density at radius 3 is 2.54 bits per heavy atom. The minimum atomic E-state index is -0.504. The summed E-state index contributed by atoms with van der Waals surface area (Å²) in [4.78, 5) is 37.0. The maximum atomic E-state index is 12.8. The normalized spacial score (nSPS) is 14.8. The van der Waals surface area contributed by atoms with E-state index in [-0.39, 0.29) is 44.2 Å². The third-order valence-corrected chi connectivity index (χ3v) is 5.89. The molecular weight excluding hydrogens is 395 g/mol. The molecule has 0 fully saturated rings. The molecule has 0 atom stereocenters. The lowest BCUT2D eigenvalue weighted by atomic mass is 9.91. The van der Waals surface area contributed by atoms with Gasteiger partial charge in [0.15, 0.2) is 11.6 Å². The number of hydrogen-bond acceptors (Lipinski definition) is 5. The fourth-order valence-electron chi connectivity index (χ4n) is 2.25. The number of hydrogen-bond donors (Lipinski definition) is 0. The summed E-state index contributed by atoms with van der Waals surface area (Å²) in [6.45, 7) is 0. The van der Waals surface area contributed by atoms with E-state index < -0.39 is 11.8 Å². The Bertz CT molecular complexity index is 743. The minimum absolute atomic E-state index is 0.0114. The van der Waals surface area contributed by atoms with Crippen LogP contribution in [0.5, 0.6) is 0 Å². The monoisotopic (exact) mass is 406 g/mol. The molecule has 0 aromatic heterocycles. The van der Waals surface area contributed by atoms with Crippen molar-refractivity contribution in [3.8, 4) is 0 Å². The van der Waals surface area contributed by atoms with E-state index in [2.05, 4.69) is 4.74 Å². The Hall–Kier alpha value is -1.01. The van der Waals surface area contributed by atoms with Crippen LogP contribution in [0.2, 0.25) is 15.1 Å². The van der Waals surface area contributed by atoms with Crippen molar-refractivity contribution in [3.63, 3.8) is 0 Å². The zero-order valence-electron chi connectivity index (χ0n) is 12.7. The van der Waals surface area contributed by atoms with Gasteiger partial charge in [-0.2, -0.15) is 0 Å². The highest BCUT2D eigenvalue weighted by molar-refractivity contribution is 8.03. The lowest BCUT2D eigenvalue weighted by molar-refractivity contribution is -0.137. The number of rotatable bonds is 5. The number of carbonyl (C=O) groups excluding carboxylic acids is 3. The number of benzene rings is 1. The van der Waals surface area contributed by atoms with Crippen LogP contribution in [0.3, 0.4) is 0 Å². The molecule has 0 aliphatic heterocycles. The predicted octanol–water partition coefficient (Wildman–Crippen LogP) is 4.74. The minimum Gasteiger partial charge on any atom is -0.468 e. The molecule has 0 radical (unpaired) electrons. The van der Waals surface area contributed by atoms with Crippen LogP contribution in [0.1, 0.15) is 29.6 Å². The van der Waals surface area contributed by atoms with E-state index in [1.807, 2.05) is 0 Å². The molecule has 4 nitrogen and oxygen atoms in total. The summed E-state index contributed by atoms with van der Waals surface area (Å²) < 4.78 is 4.59. The molecule has 1 aromatic carbocycles. The van der Waals surface area contributed by atoms with Gasteiger partial charge in [-0.05, 0) is 25.0 Å². The first-order chi connectivity index (χ1) is 11.4. The van der Waals surface area contributed by atoms with Crippen LogP contribution in [-0.2, 0) is 14.3 Å². The molecule has 1 aliphatic rings. The third kappa shape index (κ3) is 4.14. The number of ether oxygens (including phenoxy) is 1. The smallest absolute Gasteiger partial charge is 0.315 e. The van der Waals surface area contributed by atoms with Gasteiger partial charge in [-0.1, -0.05) is 34.8 Å². The van der Waals surface area contributed by atoms with Gasteiger partial charge in [-0.25, -0.2) is 0 Å². The van der Waals surface area contributed by atoms with Gasteiger partial charge in [0.05, 0.1) is 33.5 Å². The van der Waals surface area contributed by atoms with Gasteiger partial charge in [0, 0.05) is 16.9 Å². The molecule has 1 aliphatic carbocycles. The largest absolute Gasteiger partial charge is 0.468 e. The molecular formula is C16H13Cl3O4S. The standard InChI is InChI=1S/C16H13Cl3O4S/c1-23-12(21)7-24-11-4-2-3-10(20)13(11)16(22)8-5-6-9(17)15(19)14(8)18/h5-6H,2-4,7H2,1H3. The van der Waals surface area contributed by atoms with E-state index >= 15 is 0 Å². The summed E-state index contributed by atoms with van der Waals surface area (Å²) in [6.07, 6.45) is 1.46. The molecule has 24 heavy (non-hydrogen) atoms. The van der Waals surface area contributed by atoms with Crippen molar-refractivity contribution in [2.45, 2.75) is 19.3 Å². The van der Waals surface area contributed by atoms with Gasteiger partial charge in [0.2, 0.25) is 0 Å². The summed E-state index contributed by atoms with van der Waals surface area (Å²) in [6, 6.07) is 2.90. The highest BCUT2D eigenvalue weighted by Crippen LogP contribution is 2.37. The van der Waals surface area contributed by atoms with Gasteiger partial charge < -0.3 is 4.74 Å². The van der Waals surface area contributed by atoms with Gasteiger partial charge >= 0.3 is 5.97 Å². The number of Topliss-reactive ketones (excluding diaryl/α,β-unsaturated/α-hetero) is 2. The number of allylic oxidation sites excluding steroid dienone is 2. The number of esters is 1. The fraction of sp³-hybridized carbons (Fsp3) is 0.312. The fourth-order valence-corrected chi connectivity index (χ4v) is 3.92. The van der Waals surface area contributed by atoms with Crippen LogP contribution in [0.4, 0.5) is 0 Å². The second-order valence-corrected chi connectivity index (χ2v) is 7.23. The predicted molar refractivity (Wildman–Crippen MR) is 96.2 cm³/mol. The topological polar surface area (TPSA) is 60.4 Å². The van der Waals surface area contributed by atoms with Crippen LogP contribution in [0, 0.1) is 0 Å². The average Bonchev–Trinajstić information content (AvgIpc) is 2.57. The van der Waals surface area contributed by atoms with Gasteiger partial charge in [0.1, 0.15) is 0 Å². The SMILES string of the molecule is COC(=O)CSC1=C(C(=O)c2ccc(Cl)c(Cl)c2Cl)C(=O)CCC1. The summed E-state index contributed by atoms with van der Waals surface area (Å²) in [5, 5.41) is 0.302. The Morgan fingerprint density at radius 2 is 1.88 bits per heavy atom. The summed E-state index contributed by atoms with van der Waals surface area (Å²) in [5.41, 5.74) is 0.183. The Labute approximate surface area is 158 Å². The van der Waals surface area contributed by atoms with E-state index in [0.717, 1.165) is 11.8 Å². The summed E-state index contributed by atoms with van der Waals surface area (Å²) in [5.74, 6) is -1.16. The molecule has 0 spiro atoms. The molecule has 0 amide bonds. The number of carbonyl (C=O) groups is 3. The third-order valence-electron chi connectivity index (χ3n) is 3.46. The zero-order valence-corrected chi connectivity index (χ0v) is 15.7. The lowest BCUT2D eigenvalue weighted by Gasteiger charge is -2.18. The van der Waals surface area contributed by atoms with Crippen LogP contribution in [0.15, 0.2) is 22.6 Å². The first-order valence-corrected chi connectivity index (χ1v) is 9.13. The van der Waals surface area contributed by atoms with Gasteiger partial charge in [0.25, 0.3) is 0 Å². The van der Waals surface area contributed by atoms with Crippen molar-refractivity contribution in [2.24, 2.45) is 0 Å². The van der Waals surface area contributed by atoms with E-state index in [1.165, 1.54) is 19.2 Å². The zero-order chi connectivity index (χ0) is 17.9. The van der Waals surface area contributed by atoms with E-state index in [4.69, 9.17) is 34.8 Å². The first-order valence-electron chi connectivity index (χ1n) is 7.01. The molecule has 0 saturated carbocycles. The quantitative estimate of drug-likeness (QED) is 0.305. The Balaban J connectivity index is 2.42. The second kappa shape index (κ2) is 8.39. The first kappa shape index (κ1) is 19.3. The van der Waals surface area contributed by atoms with Gasteiger partial charge in [-0.3, -0.25) is 14.4 Å². The van der Waals surface area contributed by atoms with Crippen LogP contribution >= 0.6 is 46.6 Å². The van der Waals surface area contributed by atoms with Crippen molar-refractivity contribution < 1.29 is 19.1 Å². The molecule has 2 rings (SSSR count). The molecule has 0 N–H and O–H groups in total. The number of methoxy groups -OCH3 is 1. The van der Waals surface area contributed by atoms with Crippen LogP contribution in [0.25, 0.3) is 0 Å². The summed E-state index contributed by atoms with van der Waals surface area (Å²) in [7, 11) is 1.28.